The molecule has 5 heteroatoms. The maximum atomic E-state index is 9.78. The van der Waals surface area contributed by atoms with E-state index in [0.29, 0.717) is 24.3 Å². The Morgan fingerprint density at radius 2 is 2.00 bits per heavy atom. The molecule has 1 aliphatic heterocycles. The van der Waals surface area contributed by atoms with Crippen molar-refractivity contribution in [1.82, 2.24) is 9.97 Å². The number of aromatic nitrogens is 2. The summed E-state index contributed by atoms with van der Waals surface area (Å²) < 4.78 is 11.8. The quantitative estimate of drug-likeness (QED) is 0.862. The van der Waals surface area contributed by atoms with E-state index in [2.05, 4.69) is 23.0 Å². The molecule has 2 aromatic rings. The van der Waals surface area contributed by atoms with Crippen molar-refractivity contribution in [3.05, 3.63) is 59.9 Å². The second-order valence-electron chi connectivity index (χ2n) is 7.06. The van der Waals surface area contributed by atoms with Gasteiger partial charge in [0.15, 0.2) is 0 Å². The number of hydrogen-bond acceptors (Lipinski definition) is 5. The summed E-state index contributed by atoms with van der Waals surface area (Å²) >= 11 is 0. The maximum absolute atomic E-state index is 9.78. The minimum atomic E-state index is -0.103. The largest absolute Gasteiger partial charge is 0.424 e. The molecule has 25 heavy (non-hydrogen) atoms. The van der Waals surface area contributed by atoms with Crippen LogP contribution in [-0.4, -0.2) is 28.3 Å². The minimum Gasteiger partial charge on any atom is -0.424 e. The molecule has 0 radical (unpaired) electrons. The van der Waals surface area contributed by atoms with Crippen LogP contribution >= 0.6 is 0 Å². The first-order chi connectivity index (χ1) is 12.2. The van der Waals surface area contributed by atoms with Gasteiger partial charge in [-0.15, -0.1) is 0 Å². The molecule has 4 rings (SSSR count). The molecule has 0 saturated carbocycles. The number of hydrogen-bond donors (Lipinski definition) is 1. The van der Waals surface area contributed by atoms with Crippen LogP contribution in [-0.2, 0) is 4.74 Å². The molecule has 130 valence electrons. The Morgan fingerprint density at radius 1 is 1.24 bits per heavy atom. The van der Waals surface area contributed by atoms with Gasteiger partial charge in [-0.1, -0.05) is 23.8 Å². The highest BCUT2D eigenvalue weighted by Crippen LogP contribution is 2.50. The topological polar surface area (TPSA) is 64.5 Å². The summed E-state index contributed by atoms with van der Waals surface area (Å²) in [6.45, 7) is 2.95. The average Bonchev–Trinajstić information content (AvgIpc) is 2.67. The van der Waals surface area contributed by atoms with Crippen molar-refractivity contribution in [3.8, 4) is 11.8 Å². The molecule has 0 amide bonds. The minimum absolute atomic E-state index is 0.0262. The summed E-state index contributed by atoms with van der Waals surface area (Å²) in [7, 11) is 0. The van der Waals surface area contributed by atoms with E-state index in [1.54, 1.807) is 18.5 Å². The third kappa shape index (κ3) is 3.17. The van der Waals surface area contributed by atoms with E-state index in [4.69, 9.17) is 9.47 Å². The second-order valence-corrected chi connectivity index (χ2v) is 7.06. The standard InChI is InChI=1S/C20H22N2O3/c1-14-7-8-20(12-23)11-17(14)18(24-13-20)15-3-5-16(6-4-15)25-19-21-9-2-10-22-19/h2-7,9-10,17-18,23H,8,11-13H2,1H3/t17-,18-,20-/m1/s1. The molecule has 3 atom stereocenters. The summed E-state index contributed by atoms with van der Waals surface area (Å²) in [6, 6.07) is 10.0. The van der Waals surface area contributed by atoms with Crippen LogP contribution in [0, 0.1) is 11.3 Å². The number of ether oxygens (including phenoxy) is 2. The first-order valence-electron chi connectivity index (χ1n) is 8.63. The van der Waals surface area contributed by atoms with E-state index >= 15 is 0 Å². The van der Waals surface area contributed by atoms with E-state index in [0.717, 1.165) is 18.4 Å². The fourth-order valence-electron chi connectivity index (χ4n) is 3.76. The zero-order valence-electron chi connectivity index (χ0n) is 14.3. The Labute approximate surface area is 147 Å². The van der Waals surface area contributed by atoms with Gasteiger partial charge in [-0.25, -0.2) is 9.97 Å². The van der Waals surface area contributed by atoms with Crippen LogP contribution in [0.3, 0.4) is 0 Å². The van der Waals surface area contributed by atoms with Gasteiger partial charge < -0.3 is 14.6 Å². The molecular formula is C20H22N2O3. The third-order valence-corrected chi connectivity index (χ3v) is 5.32. The molecule has 0 unspecified atom stereocenters. The highest BCUT2D eigenvalue weighted by molar-refractivity contribution is 5.32. The van der Waals surface area contributed by atoms with Crippen molar-refractivity contribution in [2.45, 2.75) is 25.9 Å². The van der Waals surface area contributed by atoms with E-state index in [-0.39, 0.29) is 18.1 Å². The zero-order valence-corrected chi connectivity index (χ0v) is 14.3. The molecule has 1 aromatic carbocycles. The van der Waals surface area contributed by atoms with Crippen molar-refractivity contribution in [2.75, 3.05) is 13.2 Å². The Kier molecular flexibility index (Phi) is 4.27. The van der Waals surface area contributed by atoms with Crippen LogP contribution < -0.4 is 4.74 Å². The van der Waals surface area contributed by atoms with Gasteiger partial charge in [0.05, 0.1) is 19.3 Å². The highest BCUT2D eigenvalue weighted by atomic mass is 16.5. The van der Waals surface area contributed by atoms with Gasteiger partial charge in [-0.05, 0) is 43.5 Å². The highest BCUT2D eigenvalue weighted by Gasteiger charge is 2.44. The van der Waals surface area contributed by atoms with Gasteiger partial charge in [0.2, 0.25) is 0 Å². The van der Waals surface area contributed by atoms with Crippen molar-refractivity contribution >= 4 is 0 Å². The van der Waals surface area contributed by atoms with E-state index < -0.39 is 0 Å². The lowest BCUT2D eigenvalue weighted by molar-refractivity contribution is -0.113. The van der Waals surface area contributed by atoms with Gasteiger partial charge in [-0.2, -0.15) is 0 Å². The number of nitrogens with zero attached hydrogens (tertiary/aromatic N) is 2. The number of aliphatic hydroxyl groups excluding tert-OH is 1. The number of allylic oxidation sites excluding steroid dienone is 1. The molecule has 2 bridgehead atoms. The smallest absolute Gasteiger partial charge is 0.321 e. The molecule has 2 heterocycles. The number of benzene rings is 1. The fourth-order valence-corrected chi connectivity index (χ4v) is 3.76. The van der Waals surface area contributed by atoms with Crippen LogP contribution in [0.2, 0.25) is 0 Å². The Balaban J connectivity index is 1.52. The molecule has 1 saturated heterocycles. The van der Waals surface area contributed by atoms with Crippen molar-refractivity contribution in [2.24, 2.45) is 11.3 Å². The van der Waals surface area contributed by atoms with Gasteiger partial charge >= 0.3 is 6.01 Å². The SMILES string of the molecule is CC1=CC[C@@]2(CO)CO[C@H](c3ccc(Oc4ncccn4)cc3)[C@@H]1C2. The number of aliphatic hydroxyl groups is 1. The first-order valence-corrected chi connectivity index (χ1v) is 8.63. The molecule has 2 aliphatic rings. The molecule has 1 aliphatic carbocycles. The Morgan fingerprint density at radius 3 is 2.72 bits per heavy atom. The Hall–Kier alpha value is -2.24. The Bertz CT molecular complexity index is 760. The van der Waals surface area contributed by atoms with Crippen molar-refractivity contribution < 1.29 is 14.6 Å². The predicted molar refractivity (Wildman–Crippen MR) is 93.2 cm³/mol. The lowest BCUT2D eigenvalue weighted by atomic mass is 9.67. The van der Waals surface area contributed by atoms with Gasteiger partial charge in [0.1, 0.15) is 5.75 Å². The van der Waals surface area contributed by atoms with Crippen LogP contribution in [0.15, 0.2) is 54.4 Å². The molecular weight excluding hydrogens is 316 g/mol. The van der Waals surface area contributed by atoms with Crippen LogP contribution in [0.1, 0.15) is 31.4 Å². The molecule has 5 nitrogen and oxygen atoms in total. The first kappa shape index (κ1) is 16.2. The zero-order chi connectivity index (χ0) is 17.3. The third-order valence-electron chi connectivity index (χ3n) is 5.32. The number of fused-ring (bicyclic) bond motifs is 2. The van der Waals surface area contributed by atoms with Crippen LogP contribution in [0.5, 0.6) is 11.8 Å². The second kappa shape index (κ2) is 6.58. The molecule has 1 fully saturated rings. The van der Waals surface area contributed by atoms with E-state index in [1.807, 2.05) is 24.3 Å². The summed E-state index contributed by atoms with van der Waals surface area (Å²) in [5.41, 5.74) is 2.38. The van der Waals surface area contributed by atoms with Crippen molar-refractivity contribution in [3.63, 3.8) is 0 Å². The lowest BCUT2D eigenvalue weighted by Gasteiger charge is -2.47. The van der Waals surface area contributed by atoms with Gasteiger partial charge in [0.25, 0.3) is 0 Å². The fraction of sp³-hybridized carbons (Fsp3) is 0.400. The summed E-state index contributed by atoms with van der Waals surface area (Å²) in [6.07, 6.45) is 7.48. The predicted octanol–water partition coefficient (Wildman–Crippen LogP) is 3.68. The summed E-state index contributed by atoms with van der Waals surface area (Å²) in [5.74, 6) is 1.02. The van der Waals surface area contributed by atoms with Crippen molar-refractivity contribution in [1.29, 1.82) is 0 Å². The monoisotopic (exact) mass is 338 g/mol. The lowest BCUT2D eigenvalue weighted by Crippen LogP contribution is -2.43. The molecule has 1 N–H and O–H groups in total. The average molecular weight is 338 g/mol. The van der Waals surface area contributed by atoms with Gasteiger partial charge in [-0.3, -0.25) is 0 Å². The van der Waals surface area contributed by atoms with Crippen LogP contribution in [0.4, 0.5) is 0 Å². The molecule has 0 spiro atoms. The van der Waals surface area contributed by atoms with E-state index in [1.165, 1.54) is 5.57 Å². The maximum Gasteiger partial charge on any atom is 0.321 e. The summed E-state index contributed by atoms with van der Waals surface area (Å²) in [4.78, 5) is 8.13. The van der Waals surface area contributed by atoms with E-state index in [9.17, 15) is 5.11 Å². The summed E-state index contributed by atoms with van der Waals surface area (Å²) in [5, 5.41) is 9.78. The number of rotatable bonds is 4. The normalized spacial score (nSPS) is 28.3. The molecule has 1 aromatic heterocycles. The van der Waals surface area contributed by atoms with Crippen LogP contribution in [0.25, 0.3) is 0 Å². The van der Waals surface area contributed by atoms with Gasteiger partial charge in [0, 0.05) is 23.7 Å².